The molecule has 5 amide bonds. The van der Waals surface area contributed by atoms with Gasteiger partial charge in [0.15, 0.2) is 18.3 Å². The van der Waals surface area contributed by atoms with Gasteiger partial charge in [0, 0.05) is 90.5 Å². The van der Waals surface area contributed by atoms with Crippen molar-refractivity contribution in [1.29, 1.82) is 5.41 Å². The van der Waals surface area contributed by atoms with Crippen LogP contribution in [0.4, 0.5) is 5.82 Å². The van der Waals surface area contributed by atoms with Gasteiger partial charge in [0.1, 0.15) is 11.6 Å². The number of aromatic nitrogens is 3. The van der Waals surface area contributed by atoms with E-state index in [0.29, 0.717) is 42.2 Å². The smallest absolute Gasteiger partial charge is 0.288 e. The topological polar surface area (TPSA) is 540 Å². The number of ketones is 1. The van der Waals surface area contributed by atoms with Crippen molar-refractivity contribution in [1.82, 2.24) is 52.5 Å². The Bertz CT molecular complexity index is 3470. The van der Waals surface area contributed by atoms with Crippen LogP contribution in [0.1, 0.15) is 34.4 Å². The summed E-state index contributed by atoms with van der Waals surface area (Å²) in [6, 6.07) is 36.7. The van der Waals surface area contributed by atoms with Gasteiger partial charge >= 0.3 is 0 Å². The van der Waals surface area contributed by atoms with E-state index < -0.39 is 29.8 Å². The number of nitrogens with zero attached hydrogens (tertiary/aromatic N) is 6. The number of nitrogens with one attached hydrogen (secondary N) is 9. The number of quaternary nitrogens is 1. The van der Waals surface area contributed by atoms with Crippen LogP contribution in [-0.2, 0) is 41.6 Å². The Hall–Kier alpha value is -11.2. The number of allylic oxidation sites excluding steroid dienone is 2. The molecule has 0 radical (unpaired) electrons. The fourth-order valence-corrected chi connectivity index (χ4v) is 7.66. The van der Waals surface area contributed by atoms with Crippen LogP contribution in [-0.4, -0.2) is 193 Å². The largest absolute Gasteiger partial charge is 0.508 e. The Morgan fingerprint density at radius 1 is 0.650 bits per heavy atom. The number of carbonyl (C=O) groups is 6. The van der Waals surface area contributed by atoms with Gasteiger partial charge in [-0.05, 0) is 80.3 Å². The van der Waals surface area contributed by atoms with Crippen LogP contribution in [0.2, 0.25) is 0 Å². The highest BCUT2D eigenvalue weighted by Crippen LogP contribution is 2.29. The predicted octanol–water partition coefficient (Wildman–Crippen LogP) is -0.319. The number of aliphatic imine (C=N–C) groups is 2. The summed E-state index contributed by atoms with van der Waals surface area (Å²) in [6.45, 7) is 4.29. The molecule has 31 nitrogen and oxygen atoms in total. The number of benzene rings is 4. The van der Waals surface area contributed by atoms with E-state index in [1.165, 1.54) is 25.2 Å². The van der Waals surface area contributed by atoms with Crippen molar-refractivity contribution in [3.8, 4) is 5.75 Å². The van der Waals surface area contributed by atoms with E-state index in [0.717, 1.165) is 39.0 Å². The quantitative estimate of drug-likeness (QED) is 0.0156. The zero-order chi connectivity index (χ0) is 76.2. The Balaban J connectivity index is 0. The molecule has 2 aromatic heterocycles. The minimum atomic E-state index is -0.632. The maximum absolute atomic E-state index is 11.3. The van der Waals surface area contributed by atoms with E-state index in [4.69, 9.17) is 62.2 Å². The molecule has 4 aromatic carbocycles. The number of fused-ring (bicyclic) bond motifs is 2. The molecule has 100 heavy (non-hydrogen) atoms. The van der Waals surface area contributed by atoms with Gasteiger partial charge in [0.25, 0.3) is 11.8 Å². The number of likely N-dealkylation sites (N-methyl/N-ethyl adjacent to an activating group) is 6. The summed E-state index contributed by atoms with van der Waals surface area (Å²) in [4.78, 5) is 75.4. The van der Waals surface area contributed by atoms with Crippen molar-refractivity contribution < 1.29 is 38.4 Å². The maximum atomic E-state index is 11.3. The molecule has 546 valence electrons. The number of aryl methyl sites for hydroxylation is 2. The van der Waals surface area contributed by atoms with Crippen molar-refractivity contribution in [2.75, 3.05) is 95.9 Å². The van der Waals surface area contributed by atoms with Crippen LogP contribution < -0.4 is 94.4 Å². The van der Waals surface area contributed by atoms with Crippen LogP contribution in [0.5, 0.6) is 5.75 Å². The van der Waals surface area contributed by atoms with Gasteiger partial charge in [-0.2, -0.15) is 5.10 Å². The number of amidine groups is 1. The molecule has 0 spiro atoms. The zero-order valence-electron chi connectivity index (χ0n) is 59.8. The number of amides is 5. The molecule has 3 heterocycles. The van der Waals surface area contributed by atoms with E-state index in [1.807, 2.05) is 157 Å². The molecule has 0 saturated heterocycles. The first-order valence-electron chi connectivity index (χ1n) is 31.2. The van der Waals surface area contributed by atoms with Crippen molar-refractivity contribution in [2.45, 2.75) is 57.3 Å². The lowest BCUT2D eigenvalue weighted by Gasteiger charge is -2.22. The van der Waals surface area contributed by atoms with Gasteiger partial charge in [-0.15, -0.1) is 5.10 Å². The molecule has 5 atom stereocenters. The van der Waals surface area contributed by atoms with Gasteiger partial charge < -0.3 is 92.7 Å². The van der Waals surface area contributed by atoms with Crippen LogP contribution in [0, 0.1) is 25.2 Å². The molecular weight excluding hydrogens is 1280 g/mol. The second-order valence-electron chi connectivity index (χ2n) is 22.1. The first-order valence-corrected chi connectivity index (χ1v) is 31.2. The highest BCUT2D eigenvalue weighted by molar-refractivity contribution is 6.36. The summed E-state index contributed by atoms with van der Waals surface area (Å²) in [5.74, 6) is 5.11. The number of carbonyl (C=O) groups excluding carboxylic acids is 6. The lowest BCUT2D eigenvalue weighted by molar-refractivity contribution is -0.862. The number of guanidine groups is 2. The van der Waals surface area contributed by atoms with Crippen molar-refractivity contribution in [3.63, 3.8) is 0 Å². The first kappa shape index (κ1) is 90.8. The molecule has 1 aliphatic carbocycles. The fourth-order valence-electron chi connectivity index (χ4n) is 7.66. The highest BCUT2D eigenvalue weighted by atomic mass is 16.3. The number of Topliss-reactive ketones (excluding diaryl/α,β-unsaturated/α-hetero) is 1. The van der Waals surface area contributed by atoms with Gasteiger partial charge in [-0.25, -0.2) is 5.84 Å². The average Bonchev–Trinajstić information content (AvgIpc) is 1.56. The lowest BCUT2D eigenvalue weighted by Crippen LogP contribution is -2.43. The molecule has 8 rings (SSSR count). The molecule has 6 aromatic rings. The number of aromatic hydroxyl groups is 1. The number of nitrogen functional groups attached to an aromatic ring is 1. The van der Waals surface area contributed by atoms with E-state index in [9.17, 15) is 28.8 Å². The number of pyridine rings is 1. The summed E-state index contributed by atoms with van der Waals surface area (Å²) in [5, 5.41) is 44.7. The summed E-state index contributed by atoms with van der Waals surface area (Å²) in [5.41, 5.74) is 50.2. The maximum Gasteiger partial charge on any atom is 0.288 e. The van der Waals surface area contributed by atoms with Crippen LogP contribution in [0.15, 0.2) is 180 Å². The lowest BCUT2D eigenvalue weighted by atomic mass is 9.88. The molecular formula is C69H109N24O7+. The zero-order valence-corrected chi connectivity index (χ0v) is 59.8. The average molecular weight is 1390 g/mol. The third-order valence-corrected chi connectivity index (χ3v) is 13.1. The first-order chi connectivity index (χ1) is 47.3. The number of anilines is 1. The summed E-state index contributed by atoms with van der Waals surface area (Å²) < 4.78 is 0.680. The molecule has 2 aliphatic rings. The second kappa shape index (κ2) is 52.9. The fraction of sp³-hybridized carbons (Fsp3) is 0.333. The number of hydrogen-bond donors (Lipinski definition) is 19. The van der Waals surface area contributed by atoms with Crippen molar-refractivity contribution in [2.24, 2.45) is 67.6 Å². The molecule has 5 unspecified atom stereocenters. The third kappa shape index (κ3) is 42.4. The van der Waals surface area contributed by atoms with Gasteiger partial charge in [0.2, 0.25) is 29.5 Å². The molecule has 0 fully saturated rings. The van der Waals surface area contributed by atoms with Gasteiger partial charge in [0.05, 0.1) is 58.1 Å². The number of phenols is 1. The number of phenolic OH excluding ortho intramolecular Hbond substituents is 1. The Morgan fingerprint density at radius 3 is 1.56 bits per heavy atom. The molecule has 0 bridgehead atoms. The Kier molecular flexibility index (Phi) is 48.1. The normalized spacial score (nSPS) is 13.2. The standard InChI is InChI=1S/C12H17N3O.C10H14N2O2.C10H14N2O.C9H9N3.C8H10N2.C6H14N2O.C6H7N.C4H8N2O2.C2H8N4.C2H7N3/c1-14-12(16)10(13)6-8-7-15-11-5-3-2-4-9(8)11;1-12-10(14)9(11)6-7-2-4-8(13)5-3-7;1-12-10(13)9(11)7-8-5-3-2-4-6-8;1-10-9-8-5-3-2-4-7(8)6-11-12-9;1-6-2-4-7(5-3-6)8(9)10;1-7-6(9)5-8(2,3)4;1-6-4-2-3-5-7-6;1-6-4(8)3(7)2-5;1-5-2(3)6-4;1-5-2(3)4/h2-5,7,9-11,15H,6,13H2,1H3,(H,14,16);2-5,9,13H,6,11H2,1H3,(H,12,14);2-6,9H,7,11H2,1H3,(H,12,13);2-6H,1H3,(H,10,12);2-5H,1H3,(H3,9,10);5H2,1-4H3;2-5H,1H3;2,5H2,1H3,(H,6,8);4H2,1H3,(H3,3,5,6);1H3,(H4,3,4,5)/p+1. The molecule has 1 aliphatic heterocycles. The van der Waals surface area contributed by atoms with Crippen LogP contribution in [0.3, 0.4) is 0 Å². The minimum absolute atomic E-state index is 0.0856. The number of nitrogens with two attached hydrogens (primary N) is 9. The summed E-state index contributed by atoms with van der Waals surface area (Å²) >= 11 is 0. The summed E-state index contributed by atoms with van der Waals surface area (Å²) in [7, 11) is 18.7. The summed E-state index contributed by atoms with van der Waals surface area (Å²) in [6.07, 6.45) is 15.5. The molecule has 31 heteroatoms. The number of hydrogen-bond acceptors (Lipinski definition) is 20. The van der Waals surface area contributed by atoms with E-state index in [1.54, 1.807) is 71.9 Å². The predicted molar refractivity (Wildman–Crippen MR) is 401 cm³/mol. The van der Waals surface area contributed by atoms with Gasteiger partial charge in [-0.1, -0.05) is 127 Å². The van der Waals surface area contributed by atoms with E-state index >= 15 is 0 Å². The van der Waals surface area contributed by atoms with Crippen molar-refractivity contribution >= 4 is 69.7 Å². The van der Waals surface area contributed by atoms with E-state index in [2.05, 4.69) is 80.0 Å². The van der Waals surface area contributed by atoms with Gasteiger partial charge in [-0.3, -0.25) is 54.6 Å². The number of hydrazine groups is 1. The number of rotatable bonds is 15. The second-order valence-corrected chi connectivity index (χ2v) is 22.1. The minimum Gasteiger partial charge on any atom is -0.508 e. The monoisotopic (exact) mass is 1390 g/mol. The molecule has 28 N–H and O–H groups in total. The Morgan fingerprint density at radius 2 is 1.16 bits per heavy atom. The van der Waals surface area contributed by atoms with E-state index in [-0.39, 0.29) is 53.7 Å². The SMILES string of the molecule is CN=C(N)N.CN=C(N)NN.CNC(=O)C(=O)CN.CNC(=O)C(N)CC1=CNC2C=CC=CC12.CNC(=O)C(N)Cc1ccc(O)cc1.CNC(=O)C(N)Cc1ccccc1.CNC(=O)C[N+](C)(C)C.CNc1nncc2ccccc12.Cc1ccc(C(=N)N)cc1.Cc1ccccn1. The van der Waals surface area contributed by atoms with Crippen LogP contribution >= 0.6 is 0 Å². The highest BCUT2D eigenvalue weighted by Gasteiger charge is 2.29. The van der Waals surface area contributed by atoms with Crippen molar-refractivity contribution in [3.05, 3.63) is 198 Å². The Labute approximate surface area is 587 Å². The third-order valence-electron chi connectivity index (χ3n) is 13.1. The van der Waals surface area contributed by atoms with Crippen LogP contribution in [0.25, 0.3) is 10.8 Å². The molecule has 0 saturated carbocycles.